The second-order valence-corrected chi connectivity index (χ2v) is 7.53. The highest BCUT2D eigenvalue weighted by Gasteiger charge is 2.34. The Morgan fingerprint density at radius 2 is 2.09 bits per heavy atom. The van der Waals surface area contributed by atoms with Crippen LogP contribution in [0.2, 0.25) is 5.02 Å². The molecule has 0 saturated carbocycles. The molecule has 4 N–H and O–H groups in total. The van der Waals surface area contributed by atoms with Gasteiger partial charge >= 0.3 is 0 Å². The van der Waals surface area contributed by atoms with Gasteiger partial charge in [-0.25, -0.2) is 4.39 Å². The van der Waals surface area contributed by atoms with Crippen LogP contribution in [0.25, 0.3) is 0 Å². The zero-order chi connectivity index (χ0) is 23.3. The van der Waals surface area contributed by atoms with Crippen molar-refractivity contribution in [2.24, 2.45) is 11.0 Å². The number of hydrazone groups is 1. The van der Waals surface area contributed by atoms with E-state index in [-0.39, 0.29) is 28.5 Å². The minimum atomic E-state index is -0.649. The zero-order valence-corrected chi connectivity index (χ0v) is 17.5. The lowest BCUT2D eigenvalue weighted by Gasteiger charge is -2.38. The van der Waals surface area contributed by atoms with Crippen LogP contribution in [-0.4, -0.2) is 54.5 Å². The third kappa shape index (κ3) is 5.41. The Labute approximate surface area is 189 Å². The van der Waals surface area contributed by atoms with Gasteiger partial charge in [-0.1, -0.05) is 11.6 Å². The van der Waals surface area contributed by atoms with Crippen LogP contribution >= 0.6 is 11.6 Å². The molecule has 164 valence electrons. The molecule has 2 radical (unpaired) electrons. The number of anilines is 2. The predicted octanol–water partition coefficient (Wildman–Crippen LogP) is 2.20. The standard InChI is InChI=1S/C20H19BClFN6O3/c21-17-4-1-11(18(30)27-16-7-12(22)9-25-19(16)31)10-29(17)20(32)14-3-2-13(23)8-15(14)28-26-6-5-24/h2-3,5-9,11,17,24,28H,1,4,10H2,(H,25,31)(H,27,30)/b24-5?,26-6-/t11?,17-/m0/s1. The molecule has 1 unspecified atom stereocenters. The second-order valence-electron chi connectivity index (χ2n) is 7.10. The van der Waals surface area contributed by atoms with Crippen molar-refractivity contribution in [1.29, 1.82) is 5.41 Å². The topological polar surface area (TPSA) is 131 Å². The van der Waals surface area contributed by atoms with Gasteiger partial charge in [-0.05, 0) is 43.0 Å². The average Bonchev–Trinajstić information content (AvgIpc) is 2.76. The summed E-state index contributed by atoms with van der Waals surface area (Å²) in [6.07, 6.45) is 4.12. The number of likely N-dealkylation sites (tertiary alicyclic amines) is 1. The largest absolute Gasteiger partial charge is 0.344 e. The smallest absolute Gasteiger partial charge is 0.271 e. The van der Waals surface area contributed by atoms with Crippen molar-refractivity contribution < 1.29 is 14.0 Å². The lowest BCUT2D eigenvalue weighted by Crippen LogP contribution is -2.50. The van der Waals surface area contributed by atoms with E-state index in [2.05, 4.69) is 20.8 Å². The maximum Gasteiger partial charge on any atom is 0.271 e. The van der Waals surface area contributed by atoms with Crippen LogP contribution in [0.1, 0.15) is 23.2 Å². The molecule has 2 amide bonds. The Kier molecular flexibility index (Phi) is 7.42. The van der Waals surface area contributed by atoms with Crippen LogP contribution in [0.3, 0.4) is 0 Å². The molecule has 0 aliphatic carbocycles. The first kappa shape index (κ1) is 23.2. The van der Waals surface area contributed by atoms with Crippen molar-refractivity contribution in [3.8, 4) is 0 Å². The summed E-state index contributed by atoms with van der Waals surface area (Å²) in [5.74, 6) is -2.81. The molecular formula is C20H19BClFN6O3. The Morgan fingerprint density at radius 1 is 1.31 bits per heavy atom. The van der Waals surface area contributed by atoms with E-state index < -0.39 is 35.0 Å². The fourth-order valence-electron chi connectivity index (χ4n) is 3.32. The van der Waals surface area contributed by atoms with Crippen LogP contribution < -0.4 is 16.3 Å². The SMILES string of the molecule is [B][C@@H]1CCC(C(=O)Nc2cc(Cl)c[nH]c2=O)CN1C(=O)c1ccc(F)cc1N/N=C\C=N. The summed E-state index contributed by atoms with van der Waals surface area (Å²) in [6, 6.07) is 4.85. The van der Waals surface area contributed by atoms with Gasteiger partial charge in [0.1, 0.15) is 11.5 Å². The highest BCUT2D eigenvalue weighted by Crippen LogP contribution is 2.26. The van der Waals surface area contributed by atoms with Crippen LogP contribution in [0.5, 0.6) is 0 Å². The van der Waals surface area contributed by atoms with E-state index in [9.17, 15) is 18.8 Å². The van der Waals surface area contributed by atoms with E-state index >= 15 is 0 Å². The summed E-state index contributed by atoms with van der Waals surface area (Å²) in [6.45, 7) is 0.00485. The summed E-state index contributed by atoms with van der Waals surface area (Å²) >= 11 is 5.86. The number of rotatable bonds is 6. The van der Waals surface area contributed by atoms with Crippen molar-refractivity contribution in [3.63, 3.8) is 0 Å². The first-order valence-corrected chi connectivity index (χ1v) is 10.0. The molecule has 9 nitrogen and oxygen atoms in total. The summed E-state index contributed by atoms with van der Waals surface area (Å²) in [4.78, 5) is 41.6. The van der Waals surface area contributed by atoms with Gasteiger partial charge in [0.25, 0.3) is 11.5 Å². The van der Waals surface area contributed by atoms with Gasteiger partial charge in [-0.15, -0.1) is 0 Å². The fraction of sp³-hybridized carbons (Fsp3) is 0.250. The number of carbonyl (C=O) groups is 2. The maximum atomic E-state index is 13.7. The second kappa shape index (κ2) is 10.2. The van der Waals surface area contributed by atoms with E-state index in [1.54, 1.807) is 0 Å². The summed E-state index contributed by atoms with van der Waals surface area (Å²) in [5.41, 5.74) is 2.23. The lowest BCUT2D eigenvalue weighted by atomic mass is 9.81. The van der Waals surface area contributed by atoms with Crippen molar-refractivity contribution in [2.45, 2.75) is 18.8 Å². The number of benzene rings is 1. The number of carbonyl (C=O) groups excluding carboxylic acids is 2. The highest BCUT2D eigenvalue weighted by atomic mass is 35.5. The molecule has 2 atom stereocenters. The van der Waals surface area contributed by atoms with E-state index in [4.69, 9.17) is 24.9 Å². The third-order valence-corrected chi connectivity index (χ3v) is 5.15. The molecular weight excluding hydrogens is 438 g/mol. The summed E-state index contributed by atoms with van der Waals surface area (Å²) < 4.78 is 13.7. The lowest BCUT2D eigenvalue weighted by molar-refractivity contribution is -0.121. The zero-order valence-electron chi connectivity index (χ0n) is 16.8. The van der Waals surface area contributed by atoms with Crippen molar-refractivity contribution in [3.05, 3.63) is 57.2 Å². The number of aromatic nitrogens is 1. The number of nitrogens with one attached hydrogen (secondary N) is 4. The monoisotopic (exact) mass is 456 g/mol. The third-order valence-electron chi connectivity index (χ3n) is 4.93. The van der Waals surface area contributed by atoms with Gasteiger partial charge < -0.3 is 20.6 Å². The minimum Gasteiger partial charge on any atom is -0.344 e. The molecule has 1 aliphatic heterocycles. The molecule has 3 rings (SSSR count). The number of H-pyrrole nitrogens is 1. The highest BCUT2D eigenvalue weighted by molar-refractivity contribution is 6.30. The Hall–Kier alpha value is -3.47. The number of pyridine rings is 1. The van der Waals surface area contributed by atoms with Crippen molar-refractivity contribution >= 4 is 55.1 Å². The number of aromatic amines is 1. The number of halogens is 2. The number of piperidine rings is 1. The molecule has 32 heavy (non-hydrogen) atoms. The van der Waals surface area contributed by atoms with E-state index in [0.717, 1.165) is 24.6 Å². The Morgan fingerprint density at radius 3 is 2.84 bits per heavy atom. The van der Waals surface area contributed by atoms with Gasteiger partial charge in [0.05, 0.1) is 36.3 Å². The first-order valence-electron chi connectivity index (χ1n) is 9.63. The number of hydrogen-bond acceptors (Lipinski definition) is 6. The van der Waals surface area contributed by atoms with Crippen LogP contribution in [0.4, 0.5) is 15.8 Å². The first-order chi connectivity index (χ1) is 15.3. The van der Waals surface area contributed by atoms with Gasteiger partial charge in [0.15, 0.2) is 0 Å². The van der Waals surface area contributed by atoms with E-state index in [1.165, 1.54) is 23.2 Å². The molecule has 0 spiro atoms. The molecule has 2 aromatic rings. The molecule has 2 heterocycles. The Bertz CT molecular complexity index is 1120. The van der Waals surface area contributed by atoms with Gasteiger partial charge in [0.2, 0.25) is 5.91 Å². The average molecular weight is 457 g/mol. The van der Waals surface area contributed by atoms with E-state index in [1.807, 2.05) is 0 Å². The van der Waals surface area contributed by atoms with Gasteiger partial charge in [-0.3, -0.25) is 19.8 Å². The molecule has 12 heteroatoms. The van der Waals surface area contributed by atoms with Crippen LogP contribution in [-0.2, 0) is 4.79 Å². The maximum absolute atomic E-state index is 13.7. The predicted molar refractivity (Wildman–Crippen MR) is 121 cm³/mol. The molecule has 1 aromatic carbocycles. The number of nitrogens with zero attached hydrogens (tertiary/aromatic N) is 2. The molecule has 1 fully saturated rings. The van der Waals surface area contributed by atoms with Crippen molar-refractivity contribution in [2.75, 3.05) is 17.3 Å². The van der Waals surface area contributed by atoms with Crippen molar-refractivity contribution in [1.82, 2.24) is 9.88 Å². The van der Waals surface area contributed by atoms with E-state index in [0.29, 0.717) is 12.8 Å². The normalized spacial score (nSPS) is 18.4. The van der Waals surface area contributed by atoms with Gasteiger partial charge in [-0.2, -0.15) is 5.10 Å². The molecule has 1 saturated heterocycles. The quantitative estimate of drug-likeness (QED) is 0.301. The molecule has 1 aliphatic rings. The fourth-order valence-corrected chi connectivity index (χ4v) is 3.48. The van der Waals surface area contributed by atoms with Gasteiger partial charge in [0, 0.05) is 19.0 Å². The molecule has 1 aromatic heterocycles. The minimum absolute atomic E-state index is 0.00401. The summed E-state index contributed by atoms with van der Waals surface area (Å²) in [5, 5.41) is 13.5. The number of amides is 2. The summed E-state index contributed by atoms with van der Waals surface area (Å²) in [7, 11) is 6.12. The Balaban J connectivity index is 1.79. The number of hydrogen-bond donors (Lipinski definition) is 4. The van der Waals surface area contributed by atoms with Crippen LogP contribution in [0.15, 0.2) is 40.4 Å². The molecule has 0 bridgehead atoms. The van der Waals surface area contributed by atoms with Crippen LogP contribution in [0, 0.1) is 17.1 Å².